The third-order valence-corrected chi connectivity index (χ3v) is 5.61. The van der Waals surface area contributed by atoms with E-state index in [4.69, 9.17) is 4.74 Å². The van der Waals surface area contributed by atoms with Gasteiger partial charge in [0.05, 0.1) is 11.2 Å². The van der Waals surface area contributed by atoms with E-state index in [2.05, 4.69) is 66.1 Å². The quantitative estimate of drug-likeness (QED) is 0.615. The van der Waals surface area contributed by atoms with E-state index in [1.54, 1.807) is 0 Å². The molecule has 3 rings (SSSR count). The fourth-order valence-corrected chi connectivity index (χ4v) is 3.96. The zero-order valence-corrected chi connectivity index (χ0v) is 15.6. The molecule has 2 aliphatic heterocycles. The molecule has 0 saturated carbocycles. The van der Waals surface area contributed by atoms with Crippen LogP contribution in [-0.2, 0) is 0 Å². The van der Waals surface area contributed by atoms with Crippen LogP contribution in [0.3, 0.4) is 0 Å². The van der Waals surface area contributed by atoms with Crippen molar-refractivity contribution < 1.29 is 4.74 Å². The van der Waals surface area contributed by atoms with Gasteiger partial charge in [0.25, 0.3) is 0 Å². The second-order valence-corrected chi connectivity index (χ2v) is 7.48. The van der Waals surface area contributed by atoms with Gasteiger partial charge in [-0.3, -0.25) is 0 Å². The summed E-state index contributed by atoms with van der Waals surface area (Å²) >= 11 is 0. The van der Waals surface area contributed by atoms with Crippen molar-refractivity contribution in [3.05, 3.63) is 46.2 Å². The smallest absolute Gasteiger partial charge is 0.140 e. The van der Waals surface area contributed by atoms with Crippen LogP contribution in [0, 0.1) is 13.8 Å². The SMILES string of the molecule is C=C1C(C)=C(C)Oc2c(C)c3c(c(C)c21)C(C)=CC(C)(C)N3C. The lowest BCUT2D eigenvalue weighted by Crippen LogP contribution is -2.42. The standard InChI is InChI=1S/C21H27NO/c1-11-10-21(7,8)22(9)19-15(5)20-18(14(4)17(11)19)13(3)12(2)16(6)23-20/h10H,3H2,1-2,4-9H3. The highest BCUT2D eigenvalue weighted by molar-refractivity contribution is 5.94. The minimum atomic E-state index is -0.00496. The van der Waals surface area contributed by atoms with Crippen LogP contribution in [0.5, 0.6) is 5.75 Å². The average molecular weight is 309 g/mol. The van der Waals surface area contributed by atoms with E-state index >= 15 is 0 Å². The Morgan fingerprint density at radius 2 is 1.61 bits per heavy atom. The summed E-state index contributed by atoms with van der Waals surface area (Å²) in [6, 6.07) is 0. The molecule has 1 aromatic rings. The lowest BCUT2D eigenvalue weighted by atomic mass is 9.80. The van der Waals surface area contributed by atoms with E-state index in [1.165, 1.54) is 33.5 Å². The molecule has 0 fully saturated rings. The predicted molar refractivity (Wildman–Crippen MR) is 100 cm³/mol. The number of anilines is 1. The second kappa shape index (κ2) is 4.77. The molecule has 0 amide bonds. The van der Waals surface area contributed by atoms with E-state index in [0.717, 1.165) is 22.7 Å². The van der Waals surface area contributed by atoms with Gasteiger partial charge in [-0.15, -0.1) is 0 Å². The van der Waals surface area contributed by atoms with Crippen molar-refractivity contribution in [2.45, 2.75) is 54.0 Å². The lowest BCUT2D eigenvalue weighted by Gasteiger charge is -2.43. The largest absolute Gasteiger partial charge is 0.461 e. The molecule has 0 unspecified atom stereocenters. The minimum Gasteiger partial charge on any atom is -0.461 e. The molecule has 0 spiro atoms. The van der Waals surface area contributed by atoms with Crippen molar-refractivity contribution in [2.75, 3.05) is 11.9 Å². The number of benzene rings is 1. The van der Waals surface area contributed by atoms with Crippen molar-refractivity contribution in [3.8, 4) is 5.75 Å². The Bertz CT molecular complexity index is 806. The van der Waals surface area contributed by atoms with Gasteiger partial charge in [0.15, 0.2) is 0 Å². The third kappa shape index (κ3) is 2.00. The maximum atomic E-state index is 6.22. The molecular weight excluding hydrogens is 282 g/mol. The lowest BCUT2D eigenvalue weighted by molar-refractivity contribution is 0.413. The molecule has 0 N–H and O–H groups in total. The Morgan fingerprint density at radius 3 is 2.22 bits per heavy atom. The van der Waals surface area contributed by atoms with Crippen molar-refractivity contribution in [1.82, 2.24) is 0 Å². The first-order valence-electron chi connectivity index (χ1n) is 8.23. The van der Waals surface area contributed by atoms with Crippen LogP contribution >= 0.6 is 0 Å². The number of fused-ring (bicyclic) bond motifs is 2. The number of likely N-dealkylation sites (N-methyl/N-ethyl adjacent to an activating group) is 1. The maximum Gasteiger partial charge on any atom is 0.140 e. The van der Waals surface area contributed by atoms with E-state index in [0.29, 0.717) is 0 Å². The maximum absolute atomic E-state index is 6.22. The van der Waals surface area contributed by atoms with Crippen LogP contribution in [0.4, 0.5) is 5.69 Å². The van der Waals surface area contributed by atoms with Crippen LogP contribution in [-0.4, -0.2) is 12.6 Å². The Hall–Kier alpha value is -1.96. The molecule has 0 saturated heterocycles. The Morgan fingerprint density at radius 1 is 1.00 bits per heavy atom. The highest BCUT2D eigenvalue weighted by atomic mass is 16.5. The zero-order chi connectivity index (χ0) is 17.3. The molecule has 0 bridgehead atoms. The highest BCUT2D eigenvalue weighted by Crippen LogP contribution is 2.51. The topological polar surface area (TPSA) is 12.5 Å². The molecule has 2 nitrogen and oxygen atoms in total. The van der Waals surface area contributed by atoms with Crippen LogP contribution in [0.25, 0.3) is 11.1 Å². The highest BCUT2D eigenvalue weighted by Gasteiger charge is 2.35. The summed E-state index contributed by atoms with van der Waals surface area (Å²) < 4.78 is 6.22. The van der Waals surface area contributed by atoms with Gasteiger partial charge >= 0.3 is 0 Å². The number of rotatable bonds is 0. The molecule has 1 aromatic carbocycles. The molecule has 23 heavy (non-hydrogen) atoms. The molecule has 2 heterocycles. The summed E-state index contributed by atoms with van der Waals surface area (Å²) in [4.78, 5) is 2.37. The summed E-state index contributed by atoms with van der Waals surface area (Å²) in [5, 5.41) is 0. The Labute approximate surface area is 140 Å². The monoisotopic (exact) mass is 309 g/mol. The number of hydrogen-bond donors (Lipinski definition) is 0. The van der Waals surface area contributed by atoms with E-state index in [9.17, 15) is 0 Å². The van der Waals surface area contributed by atoms with Gasteiger partial charge in [0, 0.05) is 23.7 Å². The van der Waals surface area contributed by atoms with Crippen LogP contribution in [0.1, 0.15) is 56.9 Å². The number of nitrogens with zero attached hydrogens (tertiary/aromatic N) is 1. The first-order valence-corrected chi connectivity index (χ1v) is 8.23. The minimum absolute atomic E-state index is 0.00496. The van der Waals surface area contributed by atoms with Gasteiger partial charge in [-0.2, -0.15) is 0 Å². The Kier molecular flexibility index (Phi) is 3.30. The average Bonchev–Trinajstić information content (AvgIpc) is 2.45. The summed E-state index contributed by atoms with van der Waals surface area (Å²) in [5.41, 5.74) is 9.83. The van der Waals surface area contributed by atoms with Gasteiger partial charge in [0.2, 0.25) is 0 Å². The van der Waals surface area contributed by atoms with Crippen molar-refractivity contribution in [3.63, 3.8) is 0 Å². The molecule has 122 valence electrons. The van der Waals surface area contributed by atoms with Gasteiger partial charge in [-0.05, 0) is 70.7 Å². The number of ether oxygens (including phenoxy) is 1. The van der Waals surface area contributed by atoms with Crippen molar-refractivity contribution in [2.24, 2.45) is 0 Å². The van der Waals surface area contributed by atoms with E-state index in [1.807, 2.05) is 6.92 Å². The van der Waals surface area contributed by atoms with Crippen LogP contribution in [0.15, 0.2) is 24.0 Å². The fraction of sp³-hybridized carbons (Fsp3) is 0.429. The first-order chi connectivity index (χ1) is 10.6. The first kappa shape index (κ1) is 15.9. The van der Waals surface area contributed by atoms with Gasteiger partial charge < -0.3 is 9.64 Å². The Balaban J connectivity index is 2.41. The van der Waals surface area contributed by atoms with Gasteiger partial charge in [-0.25, -0.2) is 0 Å². The van der Waals surface area contributed by atoms with Crippen LogP contribution < -0.4 is 9.64 Å². The summed E-state index contributed by atoms with van der Waals surface area (Å²) in [5.74, 6) is 1.93. The molecule has 0 aromatic heterocycles. The summed E-state index contributed by atoms with van der Waals surface area (Å²) in [6.07, 6.45) is 2.36. The molecule has 0 atom stereocenters. The normalized spacial score (nSPS) is 19.2. The van der Waals surface area contributed by atoms with Gasteiger partial charge in [0.1, 0.15) is 11.5 Å². The zero-order valence-electron chi connectivity index (χ0n) is 15.6. The summed E-state index contributed by atoms with van der Waals surface area (Å²) in [7, 11) is 2.17. The molecule has 0 aliphatic carbocycles. The molecular formula is C21H27NO. The third-order valence-electron chi connectivity index (χ3n) is 5.61. The van der Waals surface area contributed by atoms with E-state index in [-0.39, 0.29) is 5.54 Å². The fourth-order valence-electron chi connectivity index (χ4n) is 3.96. The van der Waals surface area contributed by atoms with Gasteiger partial charge in [-0.1, -0.05) is 12.7 Å². The number of allylic oxidation sites excluding steroid dienone is 4. The van der Waals surface area contributed by atoms with Crippen molar-refractivity contribution >= 4 is 16.8 Å². The predicted octanol–water partition coefficient (Wildman–Crippen LogP) is 5.63. The molecule has 2 heteroatoms. The number of hydrogen-bond acceptors (Lipinski definition) is 2. The molecule has 2 aliphatic rings. The molecule has 0 radical (unpaired) electrons. The van der Waals surface area contributed by atoms with Crippen LogP contribution in [0.2, 0.25) is 0 Å². The van der Waals surface area contributed by atoms with Crippen molar-refractivity contribution in [1.29, 1.82) is 0 Å². The van der Waals surface area contributed by atoms with E-state index < -0.39 is 0 Å². The summed E-state index contributed by atoms with van der Waals surface area (Å²) in [6.45, 7) is 19.5. The second-order valence-electron chi connectivity index (χ2n) is 7.48.